The fourth-order valence-electron chi connectivity index (χ4n) is 3.59. The average molecular weight is 548 g/mol. The van der Waals surface area contributed by atoms with Crippen LogP contribution in [-0.2, 0) is 22.6 Å². The fourth-order valence-corrected chi connectivity index (χ4v) is 4.18. The summed E-state index contributed by atoms with van der Waals surface area (Å²) in [5.41, 5.74) is 1.61. The number of hydrogen-bond acceptors (Lipinski definition) is 3. The zero-order chi connectivity index (χ0) is 26.1. The molecule has 0 aromatic heterocycles. The smallest absolute Gasteiger partial charge is 0.261 e. The summed E-state index contributed by atoms with van der Waals surface area (Å²) in [7, 11) is 0. The SMILES string of the molecule is CC[C@@H](C)NC(=O)[C@@H](Cc1ccccc1)N(Cc1ccc(Cl)cc1Cl)C(=O)COc1ccc(Cl)cc1. The summed E-state index contributed by atoms with van der Waals surface area (Å²) in [5.74, 6) is -0.0878. The second-order valence-electron chi connectivity index (χ2n) is 8.52. The minimum atomic E-state index is -0.783. The summed E-state index contributed by atoms with van der Waals surface area (Å²) in [6, 6.07) is 20.6. The molecular weight excluding hydrogens is 519 g/mol. The third-order valence-electron chi connectivity index (χ3n) is 5.80. The van der Waals surface area contributed by atoms with Crippen molar-refractivity contribution in [3.05, 3.63) is 99.0 Å². The predicted molar refractivity (Wildman–Crippen MR) is 146 cm³/mol. The maximum Gasteiger partial charge on any atom is 0.261 e. The Morgan fingerprint density at radius 1 is 0.944 bits per heavy atom. The van der Waals surface area contributed by atoms with Crippen molar-refractivity contribution < 1.29 is 14.3 Å². The van der Waals surface area contributed by atoms with Crippen LogP contribution in [0.4, 0.5) is 0 Å². The van der Waals surface area contributed by atoms with Gasteiger partial charge in [0.1, 0.15) is 11.8 Å². The molecule has 3 rings (SSSR count). The molecule has 0 radical (unpaired) electrons. The van der Waals surface area contributed by atoms with Crippen LogP contribution in [0, 0.1) is 0 Å². The van der Waals surface area contributed by atoms with E-state index in [1.54, 1.807) is 42.5 Å². The van der Waals surface area contributed by atoms with Gasteiger partial charge in [0.2, 0.25) is 5.91 Å². The molecular formula is C28H29Cl3N2O3. The van der Waals surface area contributed by atoms with Gasteiger partial charge in [0, 0.05) is 34.1 Å². The quantitative estimate of drug-likeness (QED) is 0.295. The van der Waals surface area contributed by atoms with Crippen LogP contribution in [0.5, 0.6) is 5.75 Å². The first-order valence-electron chi connectivity index (χ1n) is 11.7. The van der Waals surface area contributed by atoms with Gasteiger partial charge in [-0.3, -0.25) is 9.59 Å². The molecule has 5 nitrogen and oxygen atoms in total. The molecule has 0 spiro atoms. The van der Waals surface area contributed by atoms with Crippen LogP contribution in [0.25, 0.3) is 0 Å². The lowest BCUT2D eigenvalue weighted by Crippen LogP contribution is -2.53. The number of carbonyl (C=O) groups excluding carboxylic acids is 2. The lowest BCUT2D eigenvalue weighted by atomic mass is 10.0. The van der Waals surface area contributed by atoms with Crippen LogP contribution >= 0.6 is 34.8 Å². The highest BCUT2D eigenvalue weighted by molar-refractivity contribution is 6.35. The van der Waals surface area contributed by atoms with Crippen molar-refractivity contribution in [2.24, 2.45) is 0 Å². The molecule has 190 valence electrons. The van der Waals surface area contributed by atoms with Gasteiger partial charge in [-0.2, -0.15) is 0 Å². The lowest BCUT2D eigenvalue weighted by molar-refractivity contribution is -0.143. The van der Waals surface area contributed by atoms with Crippen LogP contribution in [0.3, 0.4) is 0 Å². The van der Waals surface area contributed by atoms with E-state index in [4.69, 9.17) is 39.5 Å². The highest BCUT2D eigenvalue weighted by atomic mass is 35.5. The molecule has 3 aromatic rings. The van der Waals surface area contributed by atoms with Crippen LogP contribution < -0.4 is 10.1 Å². The van der Waals surface area contributed by atoms with Gasteiger partial charge >= 0.3 is 0 Å². The van der Waals surface area contributed by atoms with E-state index >= 15 is 0 Å². The minimum absolute atomic E-state index is 0.0443. The van der Waals surface area contributed by atoms with Gasteiger partial charge in [-0.15, -0.1) is 0 Å². The van der Waals surface area contributed by atoms with Gasteiger partial charge in [-0.1, -0.05) is 78.1 Å². The average Bonchev–Trinajstić information content (AvgIpc) is 2.87. The fraction of sp³-hybridized carbons (Fsp3) is 0.286. The van der Waals surface area contributed by atoms with Crippen LogP contribution in [-0.4, -0.2) is 35.4 Å². The lowest BCUT2D eigenvalue weighted by Gasteiger charge is -2.32. The van der Waals surface area contributed by atoms with Gasteiger partial charge < -0.3 is 15.0 Å². The number of rotatable bonds is 11. The summed E-state index contributed by atoms with van der Waals surface area (Å²) >= 11 is 18.5. The Balaban J connectivity index is 1.93. The van der Waals surface area contributed by atoms with Gasteiger partial charge in [0.05, 0.1) is 0 Å². The Morgan fingerprint density at radius 3 is 2.25 bits per heavy atom. The van der Waals surface area contributed by atoms with Crippen LogP contribution in [0.2, 0.25) is 15.1 Å². The molecule has 0 aliphatic carbocycles. The molecule has 0 bridgehead atoms. The van der Waals surface area contributed by atoms with E-state index in [0.717, 1.165) is 12.0 Å². The van der Waals surface area contributed by atoms with Crippen LogP contribution in [0.1, 0.15) is 31.4 Å². The maximum atomic E-state index is 13.6. The molecule has 36 heavy (non-hydrogen) atoms. The Labute approximate surface area is 227 Å². The van der Waals surface area contributed by atoms with Crippen molar-refractivity contribution in [2.45, 2.75) is 45.3 Å². The topological polar surface area (TPSA) is 58.6 Å². The Hall–Kier alpha value is -2.73. The largest absolute Gasteiger partial charge is 0.484 e. The van der Waals surface area contributed by atoms with Crippen molar-refractivity contribution in [2.75, 3.05) is 6.61 Å². The molecule has 0 fully saturated rings. The van der Waals surface area contributed by atoms with Gasteiger partial charge in [-0.05, 0) is 60.9 Å². The second-order valence-corrected chi connectivity index (χ2v) is 9.80. The van der Waals surface area contributed by atoms with Crippen molar-refractivity contribution >= 4 is 46.6 Å². The number of hydrogen-bond donors (Lipinski definition) is 1. The number of halogens is 3. The van der Waals surface area contributed by atoms with Gasteiger partial charge in [-0.25, -0.2) is 0 Å². The Morgan fingerprint density at radius 2 is 1.61 bits per heavy atom. The molecule has 2 atom stereocenters. The van der Waals surface area contributed by atoms with Crippen LogP contribution in [0.15, 0.2) is 72.8 Å². The van der Waals surface area contributed by atoms with Gasteiger partial charge in [0.25, 0.3) is 5.91 Å². The van der Waals surface area contributed by atoms with E-state index in [9.17, 15) is 9.59 Å². The summed E-state index contributed by atoms with van der Waals surface area (Å²) < 4.78 is 5.74. The third-order valence-corrected chi connectivity index (χ3v) is 6.64. The minimum Gasteiger partial charge on any atom is -0.484 e. The summed E-state index contributed by atoms with van der Waals surface area (Å²) in [4.78, 5) is 28.6. The highest BCUT2D eigenvalue weighted by Gasteiger charge is 2.31. The number of nitrogens with one attached hydrogen (secondary N) is 1. The molecule has 1 N–H and O–H groups in total. The van der Waals surface area contributed by atoms with E-state index in [0.29, 0.717) is 32.8 Å². The first kappa shape index (κ1) is 27.9. The predicted octanol–water partition coefficient (Wildman–Crippen LogP) is 6.58. The standard InChI is InChI=1S/C28H29Cl3N2O3/c1-3-19(2)32-28(35)26(15-20-7-5-4-6-8-20)33(17-21-9-10-23(30)16-25(21)31)27(34)18-36-24-13-11-22(29)12-14-24/h4-14,16,19,26H,3,15,17-18H2,1-2H3,(H,32,35)/t19-,26-/m1/s1. The molecule has 2 amide bonds. The summed E-state index contributed by atoms with van der Waals surface area (Å²) in [6.07, 6.45) is 1.10. The van der Waals surface area contributed by atoms with E-state index < -0.39 is 6.04 Å². The molecule has 3 aromatic carbocycles. The molecule has 0 saturated carbocycles. The number of amides is 2. The summed E-state index contributed by atoms with van der Waals surface area (Å²) in [5, 5.41) is 4.50. The van der Waals surface area contributed by atoms with E-state index in [1.807, 2.05) is 44.2 Å². The van der Waals surface area contributed by atoms with Crippen molar-refractivity contribution in [1.82, 2.24) is 10.2 Å². The monoisotopic (exact) mass is 546 g/mol. The second kappa shape index (κ2) is 13.5. The maximum absolute atomic E-state index is 13.6. The molecule has 0 aliphatic heterocycles. The Bertz CT molecular complexity index is 1160. The molecule has 0 heterocycles. The van der Waals surface area contributed by atoms with E-state index in [-0.39, 0.29) is 31.0 Å². The number of nitrogens with zero attached hydrogens (tertiary/aromatic N) is 1. The number of carbonyl (C=O) groups is 2. The zero-order valence-electron chi connectivity index (χ0n) is 20.2. The molecule has 0 aliphatic rings. The van der Waals surface area contributed by atoms with Crippen molar-refractivity contribution in [3.63, 3.8) is 0 Å². The highest BCUT2D eigenvalue weighted by Crippen LogP contribution is 2.24. The van der Waals surface area contributed by atoms with E-state index in [1.165, 1.54) is 4.90 Å². The molecule has 0 unspecified atom stereocenters. The van der Waals surface area contributed by atoms with Crippen molar-refractivity contribution in [3.8, 4) is 5.75 Å². The molecule has 8 heteroatoms. The number of benzene rings is 3. The first-order chi connectivity index (χ1) is 17.3. The number of ether oxygens (including phenoxy) is 1. The third kappa shape index (κ3) is 8.16. The molecule has 0 saturated heterocycles. The Kier molecular flexibility index (Phi) is 10.5. The summed E-state index contributed by atoms with van der Waals surface area (Å²) in [6.45, 7) is 3.79. The normalized spacial score (nSPS) is 12.5. The van der Waals surface area contributed by atoms with Crippen molar-refractivity contribution in [1.29, 1.82) is 0 Å². The van der Waals surface area contributed by atoms with E-state index in [2.05, 4.69) is 5.32 Å². The first-order valence-corrected chi connectivity index (χ1v) is 12.9. The zero-order valence-corrected chi connectivity index (χ0v) is 22.5. The van der Waals surface area contributed by atoms with Gasteiger partial charge in [0.15, 0.2) is 6.61 Å².